The van der Waals surface area contributed by atoms with Crippen molar-refractivity contribution in [3.05, 3.63) is 23.8 Å². The Bertz CT molecular complexity index is 450. The number of fused-ring (bicyclic) bond motifs is 1. The Morgan fingerprint density at radius 3 is 2.84 bits per heavy atom. The van der Waals surface area contributed by atoms with Crippen LogP contribution < -0.4 is 14.8 Å². The van der Waals surface area contributed by atoms with E-state index < -0.39 is 10.8 Å². The van der Waals surface area contributed by atoms with Crippen molar-refractivity contribution in [1.82, 2.24) is 5.32 Å². The van der Waals surface area contributed by atoms with Crippen LogP contribution in [0.15, 0.2) is 18.2 Å². The van der Waals surface area contributed by atoms with Gasteiger partial charge >= 0.3 is 0 Å². The maximum Gasteiger partial charge on any atom is 0.231 e. The van der Waals surface area contributed by atoms with Crippen molar-refractivity contribution in [2.45, 2.75) is 26.3 Å². The third-order valence-corrected chi connectivity index (χ3v) is 4.46. The lowest BCUT2D eigenvalue weighted by molar-refractivity contribution is 0.174. The van der Waals surface area contributed by atoms with E-state index in [9.17, 15) is 4.21 Å². The van der Waals surface area contributed by atoms with Gasteiger partial charge in [-0.2, -0.15) is 0 Å². The first-order chi connectivity index (χ1) is 9.24. The maximum absolute atomic E-state index is 11.8. The molecular formula is C14H21NO3S. The molecule has 106 valence electrons. The predicted octanol–water partition coefficient (Wildman–Crippen LogP) is 2.22. The number of rotatable bonds is 7. The zero-order valence-corrected chi connectivity index (χ0v) is 12.3. The molecule has 0 radical (unpaired) electrons. The van der Waals surface area contributed by atoms with Crippen molar-refractivity contribution in [3.63, 3.8) is 0 Å². The molecule has 1 aromatic carbocycles. The molecular weight excluding hydrogens is 262 g/mol. The van der Waals surface area contributed by atoms with Gasteiger partial charge in [0.15, 0.2) is 11.5 Å². The van der Waals surface area contributed by atoms with Crippen LogP contribution in [0.5, 0.6) is 11.5 Å². The lowest BCUT2D eigenvalue weighted by atomic mass is 10.1. The van der Waals surface area contributed by atoms with Gasteiger partial charge in [0.2, 0.25) is 6.79 Å². The molecule has 0 spiro atoms. The Morgan fingerprint density at radius 1 is 1.32 bits per heavy atom. The van der Waals surface area contributed by atoms with Gasteiger partial charge in [-0.05, 0) is 30.7 Å². The molecule has 2 rings (SSSR count). The summed E-state index contributed by atoms with van der Waals surface area (Å²) < 4.78 is 22.5. The van der Waals surface area contributed by atoms with Crippen LogP contribution in [0.1, 0.15) is 31.9 Å². The summed E-state index contributed by atoms with van der Waals surface area (Å²) in [5, 5.41) is 3.45. The number of hydrogen-bond donors (Lipinski definition) is 1. The van der Waals surface area contributed by atoms with Crippen LogP contribution in [0, 0.1) is 0 Å². The Morgan fingerprint density at radius 2 is 2.11 bits per heavy atom. The minimum Gasteiger partial charge on any atom is -0.454 e. The molecule has 0 aliphatic carbocycles. The van der Waals surface area contributed by atoms with Gasteiger partial charge in [0.25, 0.3) is 0 Å². The van der Waals surface area contributed by atoms with Gasteiger partial charge in [-0.15, -0.1) is 0 Å². The Kier molecular flexibility index (Phi) is 5.22. The average Bonchev–Trinajstić information content (AvgIpc) is 2.90. The number of benzene rings is 1. The molecule has 5 heteroatoms. The number of ether oxygens (including phenoxy) is 2. The highest BCUT2D eigenvalue weighted by atomic mass is 32.2. The summed E-state index contributed by atoms with van der Waals surface area (Å²) in [7, 11) is -0.794. The standard InChI is InChI=1S/C14H21NO3S/c1-3-7-15-12(9-19(16)4-2)11-5-6-13-14(8-11)18-10-17-13/h5-6,8,12,15H,3-4,7,9-10H2,1-2H3. The molecule has 4 nitrogen and oxygen atoms in total. The molecule has 0 fully saturated rings. The molecule has 0 saturated carbocycles. The second-order valence-electron chi connectivity index (χ2n) is 4.51. The molecule has 19 heavy (non-hydrogen) atoms. The van der Waals surface area contributed by atoms with Crippen LogP contribution in [0.4, 0.5) is 0 Å². The van der Waals surface area contributed by atoms with Crippen molar-refractivity contribution in [2.75, 3.05) is 24.8 Å². The van der Waals surface area contributed by atoms with Crippen LogP contribution in [0.3, 0.4) is 0 Å². The highest BCUT2D eigenvalue weighted by molar-refractivity contribution is 7.84. The highest BCUT2D eigenvalue weighted by Gasteiger charge is 2.19. The van der Waals surface area contributed by atoms with Gasteiger partial charge < -0.3 is 14.8 Å². The molecule has 1 aliphatic rings. The Balaban J connectivity index is 2.14. The molecule has 0 bridgehead atoms. The van der Waals surface area contributed by atoms with Gasteiger partial charge in [-0.1, -0.05) is 19.9 Å². The van der Waals surface area contributed by atoms with Gasteiger partial charge in [0.1, 0.15) is 0 Å². The summed E-state index contributed by atoms with van der Waals surface area (Å²) in [4.78, 5) is 0. The molecule has 0 saturated heterocycles. The smallest absolute Gasteiger partial charge is 0.231 e. The minimum atomic E-state index is -0.794. The molecule has 0 amide bonds. The van der Waals surface area contributed by atoms with E-state index in [-0.39, 0.29) is 12.8 Å². The monoisotopic (exact) mass is 283 g/mol. The Hall–Kier alpha value is -1.07. The topological polar surface area (TPSA) is 47.6 Å². The second-order valence-corrected chi connectivity index (χ2v) is 6.30. The molecule has 1 aliphatic heterocycles. The van der Waals surface area contributed by atoms with Crippen LogP contribution in [0.25, 0.3) is 0 Å². The van der Waals surface area contributed by atoms with Crippen molar-refractivity contribution in [1.29, 1.82) is 0 Å². The first-order valence-electron chi connectivity index (χ1n) is 6.72. The third kappa shape index (κ3) is 3.70. The van der Waals surface area contributed by atoms with Crippen molar-refractivity contribution in [3.8, 4) is 11.5 Å². The molecule has 1 N–H and O–H groups in total. The van der Waals surface area contributed by atoms with Crippen LogP contribution in [-0.2, 0) is 10.8 Å². The van der Waals surface area contributed by atoms with E-state index in [0.717, 1.165) is 30.0 Å². The van der Waals surface area contributed by atoms with Gasteiger partial charge in [0, 0.05) is 28.3 Å². The lowest BCUT2D eigenvalue weighted by Crippen LogP contribution is -2.27. The summed E-state index contributed by atoms with van der Waals surface area (Å²) in [5.41, 5.74) is 1.11. The number of nitrogens with one attached hydrogen (secondary N) is 1. The molecule has 2 atom stereocenters. The van der Waals surface area contributed by atoms with Gasteiger partial charge in [-0.25, -0.2) is 0 Å². The second kappa shape index (κ2) is 6.91. The molecule has 1 aromatic rings. The largest absolute Gasteiger partial charge is 0.454 e. The minimum absolute atomic E-state index is 0.107. The van der Waals surface area contributed by atoms with E-state index in [2.05, 4.69) is 12.2 Å². The van der Waals surface area contributed by atoms with Crippen LogP contribution in [0.2, 0.25) is 0 Å². The first-order valence-corrected chi connectivity index (χ1v) is 8.21. The fourth-order valence-corrected chi connectivity index (χ4v) is 2.94. The molecule has 1 heterocycles. The lowest BCUT2D eigenvalue weighted by Gasteiger charge is -2.18. The third-order valence-electron chi connectivity index (χ3n) is 3.11. The summed E-state index contributed by atoms with van der Waals surface area (Å²) in [6.45, 7) is 5.28. The van der Waals surface area contributed by atoms with E-state index >= 15 is 0 Å². The fourth-order valence-electron chi connectivity index (χ4n) is 2.03. The highest BCUT2D eigenvalue weighted by Crippen LogP contribution is 2.34. The molecule has 2 unspecified atom stereocenters. The van der Waals surface area contributed by atoms with Crippen LogP contribution >= 0.6 is 0 Å². The summed E-state index contributed by atoms with van der Waals surface area (Å²) in [6, 6.07) is 6.04. The zero-order valence-electron chi connectivity index (χ0n) is 11.5. The van der Waals surface area contributed by atoms with Crippen molar-refractivity contribution in [2.24, 2.45) is 0 Å². The fraction of sp³-hybridized carbons (Fsp3) is 0.571. The normalized spacial score (nSPS) is 16.3. The van der Waals surface area contributed by atoms with E-state index in [0.29, 0.717) is 11.5 Å². The predicted molar refractivity (Wildman–Crippen MR) is 77.2 cm³/mol. The summed E-state index contributed by atoms with van der Waals surface area (Å²) in [6.07, 6.45) is 1.06. The SMILES string of the molecule is CCCNC(CS(=O)CC)c1ccc2c(c1)OCO2. The average molecular weight is 283 g/mol. The van der Waals surface area contributed by atoms with E-state index in [1.54, 1.807) is 0 Å². The maximum atomic E-state index is 11.8. The van der Waals surface area contributed by atoms with Crippen molar-refractivity contribution >= 4 is 10.8 Å². The molecule has 0 aromatic heterocycles. The number of hydrogen-bond acceptors (Lipinski definition) is 4. The van der Waals surface area contributed by atoms with Crippen LogP contribution in [-0.4, -0.2) is 29.1 Å². The summed E-state index contributed by atoms with van der Waals surface area (Å²) >= 11 is 0. The van der Waals surface area contributed by atoms with E-state index in [4.69, 9.17) is 9.47 Å². The Labute approximate surface area is 116 Å². The quantitative estimate of drug-likeness (QED) is 0.833. The van der Waals surface area contributed by atoms with E-state index in [1.165, 1.54) is 0 Å². The van der Waals surface area contributed by atoms with Crippen molar-refractivity contribution < 1.29 is 13.7 Å². The van der Waals surface area contributed by atoms with Gasteiger partial charge in [-0.3, -0.25) is 4.21 Å². The summed E-state index contributed by atoms with van der Waals surface area (Å²) in [5.74, 6) is 2.89. The van der Waals surface area contributed by atoms with E-state index in [1.807, 2.05) is 25.1 Å². The van der Waals surface area contributed by atoms with Gasteiger partial charge in [0.05, 0.1) is 0 Å². The zero-order chi connectivity index (χ0) is 13.7. The first kappa shape index (κ1) is 14.3.